The van der Waals surface area contributed by atoms with Crippen LogP contribution in [0.1, 0.15) is 24.2 Å². The number of cyclic esters (lactones) is 1. The number of ether oxygens (including phenoxy) is 2. The molecule has 2 aliphatic rings. The Labute approximate surface area is 131 Å². The topological polar surface area (TPSA) is 113 Å². The molecule has 3 atom stereocenters. The second-order valence-electron chi connectivity index (χ2n) is 6.20. The van der Waals surface area contributed by atoms with Gasteiger partial charge in [-0.1, -0.05) is 32.0 Å². The van der Waals surface area contributed by atoms with E-state index in [2.05, 4.69) is 0 Å². The Morgan fingerprint density at radius 2 is 1.83 bits per heavy atom. The summed E-state index contributed by atoms with van der Waals surface area (Å²) in [5.41, 5.74) is -2.60. The van der Waals surface area contributed by atoms with Crippen LogP contribution in [0.2, 0.25) is 0 Å². The lowest BCUT2D eigenvalue weighted by molar-refractivity contribution is -0.150. The summed E-state index contributed by atoms with van der Waals surface area (Å²) in [5, 5.41) is 30.4. The molecule has 1 aliphatic carbocycles. The summed E-state index contributed by atoms with van der Waals surface area (Å²) in [6, 6.07) is 7.91. The van der Waals surface area contributed by atoms with Crippen LogP contribution in [0.4, 0.5) is 0 Å². The third-order valence-corrected chi connectivity index (χ3v) is 4.54. The van der Waals surface area contributed by atoms with E-state index < -0.39 is 46.7 Å². The Bertz CT molecular complexity index is 706. The maximum Gasteiger partial charge on any atom is 0.378 e. The molecular weight excluding hydrogens is 304 g/mol. The summed E-state index contributed by atoms with van der Waals surface area (Å²) in [6.07, 6.45) is -2.65. The van der Waals surface area contributed by atoms with Crippen molar-refractivity contribution < 1.29 is 34.4 Å². The minimum absolute atomic E-state index is 0.189. The number of benzene rings is 1. The molecule has 122 valence electrons. The molecule has 0 saturated heterocycles. The van der Waals surface area contributed by atoms with Crippen LogP contribution in [0.25, 0.3) is 0 Å². The first-order chi connectivity index (χ1) is 10.7. The van der Waals surface area contributed by atoms with E-state index in [1.807, 2.05) is 0 Å². The largest absolute Gasteiger partial charge is 0.505 e. The minimum Gasteiger partial charge on any atom is -0.505 e. The summed E-state index contributed by atoms with van der Waals surface area (Å²) < 4.78 is 9.81. The molecular formula is C16H16O7. The van der Waals surface area contributed by atoms with Gasteiger partial charge < -0.3 is 24.8 Å². The van der Waals surface area contributed by atoms with Gasteiger partial charge in [-0.3, -0.25) is 0 Å². The maximum atomic E-state index is 12.0. The summed E-state index contributed by atoms with van der Waals surface area (Å²) >= 11 is 0. The number of aliphatic hydroxyl groups is 3. The molecule has 1 unspecified atom stereocenters. The van der Waals surface area contributed by atoms with Gasteiger partial charge in [0.2, 0.25) is 0 Å². The molecule has 1 saturated carbocycles. The number of hydrogen-bond donors (Lipinski definition) is 3. The molecule has 7 nitrogen and oxygen atoms in total. The molecule has 1 heterocycles. The van der Waals surface area contributed by atoms with Crippen LogP contribution < -0.4 is 0 Å². The van der Waals surface area contributed by atoms with E-state index >= 15 is 0 Å². The van der Waals surface area contributed by atoms with Gasteiger partial charge in [0.25, 0.3) is 5.76 Å². The number of aliphatic hydroxyl groups excluding tert-OH is 2. The summed E-state index contributed by atoms with van der Waals surface area (Å²) in [4.78, 5) is 23.8. The van der Waals surface area contributed by atoms with Crippen molar-refractivity contribution in [1.82, 2.24) is 0 Å². The van der Waals surface area contributed by atoms with Gasteiger partial charge in [-0.2, -0.15) is 0 Å². The first kappa shape index (κ1) is 15.5. The third-order valence-electron chi connectivity index (χ3n) is 4.54. The fourth-order valence-electron chi connectivity index (χ4n) is 2.79. The van der Waals surface area contributed by atoms with E-state index in [0.29, 0.717) is 0 Å². The zero-order chi connectivity index (χ0) is 17.0. The van der Waals surface area contributed by atoms with Crippen molar-refractivity contribution in [3.63, 3.8) is 0 Å². The van der Waals surface area contributed by atoms with Crippen LogP contribution >= 0.6 is 0 Å². The predicted molar refractivity (Wildman–Crippen MR) is 76.1 cm³/mol. The molecule has 7 heteroatoms. The summed E-state index contributed by atoms with van der Waals surface area (Å²) in [6.45, 7) is 3.12. The molecule has 0 amide bonds. The van der Waals surface area contributed by atoms with Gasteiger partial charge in [0.1, 0.15) is 5.60 Å². The van der Waals surface area contributed by atoms with Gasteiger partial charge in [-0.05, 0) is 12.1 Å². The van der Waals surface area contributed by atoms with Crippen LogP contribution in [-0.4, -0.2) is 45.1 Å². The Balaban J connectivity index is 1.85. The van der Waals surface area contributed by atoms with E-state index in [1.165, 1.54) is 12.1 Å². The number of esters is 2. The zero-order valence-electron chi connectivity index (χ0n) is 12.5. The highest BCUT2D eigenvalue weighted by Gasteiger charge is 2.77. The quantitative estimate of drug-likeness (QED) is 0.701. The lowest BCUT2D eigenvalue weighted by atomic mass is 10.0. The van der Waals surface area contributed by atoms with Gasteiger partial charge in [-0.25, -0.2) is 9.59 Å². The second kappa shape index (κ2) is 4.81. The lowest BCUT2D eigenvalue weighted by Crippen LogP contribution is -2.36. The fourth-order valence-corrected chi connectivity index (χ4v) is 2.79. The number of carbonyl (C=O) groups is 2. The molecule has 23 heavy (non-hydrogen) atoms. The number of rotatable bonds is 3. The first-order valence-electron chi connectivity index (χ1n) is 7.03. The SMILES string of the molecule is CC1(C)C(O)[C@]1(O)[C@H]1OC(=O)C(OC(=O)c2ccccc2)=C1O. The molecule has 3 N–H and O–H groups in total. The lowest BCUT2D eigenvalue weighted by Gasteiger charge is -2.19. The molecule has 1 fully saturated rings. The van der Waals surface area contributed by atoms with Gasteiger partial charge in [0.15, 0.2) is 11.9 Å². The van der Waals surface area contributed by atoms with Crippen LogP contribution in [0, 0.1) is 5.41 Å². The van der Waals surface area contributed by atoms with E-state index in [0.717, 1.165) is 0 Å². The van der Waals surface area contributed by atoms with E-state index in [-0.39, 0.29) is 5.56 Å². The summed E-state index contributed by atoms with van der Waals surface area (Å²) in [5.74, 6) is -3.29. The smallest absolute Gasteiger partial charge is 0.378 e. The Hall–Kier alpha value is -2.38. The highest BCUT2D eigenvalue weighted by atomic mass is 16.6. The summed E-state index contributed by atoms with van der Waals surface area (Å²) in [7, 11) is 0. The van der Waals surface area contributed by atoms with Crippen molar-refractivity contribution >= 4 is 11.9 Å². The average molecular weight is 320 g/mol. The molecule has 0 bridgehead atoms. The Kier molecular flexibility index (Phi) is 3.24. The van der Waals surface area contributed by atoms with Gasteiger partial charge in [0, 0.05) is 5.41 Å². The third kappa shape index (κ3) is 2.04. The standard InChI is InChI=1S/C16H16O7/c1-15(2)14(20)16(15,21)11-9(17)10(13(19)23-11)22-12(18)8-6-4-3-5-7-8/h3-7,11,14,17,20-21H,1-2H3/t11-,14?,16+/m0/s1. The van der Waals surface area contributed by atoms with Crippen molar-refractivity contribution in [3.8, 4) is 0 Å². The van der Waals surface area contributed by atoms with Gasteiger partial charge in [-0.15, -0.1) is 0 Å². The molecule has 0 spiro atoms. The molecule has 0 radical (unpaired) electrons. The van der Waals surface area contributed by atoms with Crippen molar-refractivity contribution in [1.29, 1.82) is 0 Å². The van der Waals surface area contributed by atoms with Crippen molar-refractivity contribution in [3.05, 3.63) is 47.4 Å². The highest BCUT2D eigenvalue weighted by Crippen LogP contribution is 2.60. The minimum atomic E-state index is -1.83. The van der Waals surface area contributed by atoms with Crippen molar-refractivity contribution in [2.75, 3.05) is 0 Å². The molecule has 0 aromatic heterocycles. The van der Waals surface area contributed by atoms with Crippen LogP contribution in [0.15, 0.2) is 41.9 Å². The van der Waals surface area contributed by atoms with Gasteiger partial charge in [0.05, 0.1) is 11.7 Å². The van der Waals surface area contributed by atoms with E-state index in [1.54, 1.807) is 32.0 Å². The normalized spacial score (nSPS) is 31.7. The fraction of sp³-hybridized carbons (Fsp3) is 0.375. The van der Waals surface area contributed by atoms with Gasteiger partial charge >= 0.3 is 11.9 Å². The molecule has 1 aliphatic heterocycles. The second-order valence-corrected chi connectivity index (χ2v) is 6.20. The molecule has 3 rings (SSSR count). The van der Waals surface area contributed by atoms with Crippen LogP contribution in [0.3, 0.4) is 0 Å². The Morgan fingerprint density at radius 1 is 1.26 bits per heavy atom. The van der Waals surface area contributed by atoms with E-state index in [9.17, 15) is 24.9 Å². The first-order valence-corrected chi connectivity index (χ1v) is 7.03. The number of carbonyl (C=O) groups excluding carboxylic acids is 2. The average Bonchev–Trinajstić information content (AvgIpc) is 2.78. The van der Waals surface area contributed by atoms with Crippen LogP contribution in [0.5, 0.6) is 0 Å². The zero-order valence-corrected chi connectivity index (χ0v) is 12.5. The highest BCUT2D eigenvalue weighted by molar-refractivity contribution is 5.97. The van der Waals surface area contributed by atoms with Crippen LogP contribution in [-0.2, 0) is 14.3 Å². The van der Waals surface area contributed by atoms with Crippen molar-refractivity contribution in [2.45, 2.75) is 31.7 Å². The molecule has 1 aromatic carbocycles. The molecule has 1 aromatic rings. The maximum absolute atomic E-state index is 12.0. The van der Waals surface area contributed by atoms with Crippen molar-refractivity contribution in [2.24, 2.45) is 5.41 Å². The monoisotopic (exact) mass is 320 g/mol. The Morgan fingerprint density at radius 3 is 2.35 bits per heavy atom. The number of hydrogen-bond acceptors (Lipinski definition) is 7. The predicted octanol–water partition coefficient (Wildman–Crippen LogP) is 0.670. The van der Waals surface area contributed by atoms with E-state index in [4.69, 9.17) is 9.47 Å².